The molecule has 27 heavy (non-hydrogen) atoms. The first kappa shape index (κ1) is 18.7. The van der Waals surface area contributed by atoms with E-state index in [1.165, 1.54) is 11.1 Å². The van der Waals surface area contributed by atoms with Crippen molar-refractivity contribution in [3.63, 3.8) is 0 Å². The smallest absolute Gasteiger partial charge is 0.260 e. The molecule has 0 heterocycles. The molecule has 2 saturated carbocycles. The van der Waals surface area contributed by atoms with E-state index in [4.69, 9.17) is 20.4 Å². The molecule has 0 spiro atoms. The highest BCUT2D eigenvalue weighted by Gasteiger charge is 2.54. The van der Waals surface area contributed by atoms with Crippen LogP contribution in [0.5, 0.6) is 11.5 Å². The minimum Gasteiger partial charge on any atom is -0.394 e. The Morgan fingerprint density at radius 3 is 2.89 bits per heavy atom. The number of fused-ring (bicyclic) bond motifs is 5. The van der Waals surface area contributed by atoms with Crippen molar-refractivity contribution in [1.82, 2.24) is 0 Å². The number of ketones is 1. The zero-order valence-electron chi connectivity index (χ0n) is 15.1. The molecule has 1 aromatic rings. The Morgan fingerprint density at radius 1 is 1.26 bits per heavy atom. The van der Waals surface area contributed by atoms with Crippen LogP contribution in [-0.4, -0.2) is 5.78 Å². The zero-order chi connectivity index (χ0) is 19.0. The van der Waals surface area contributed by atoms with Crippen LogP contribution in [0.1, 0.15) is 56.1 Å². The lowest BCUT2D eigenvalue weighted by Gasteiger charge is -2.48. The summed E-state index contributed by atoms with van der Waals surface area (Å²) in [7, 11) is 0. The maximum atomic E-state index is 12.5. The van der Waals surface area contributed by atoms with Crippen molar-refractivity contribution in [3.8, 4) is 11.5 Å². The number of carbonyl (C=O) groups excluding carboxylic acids is 1. The molecule has 146 valence electrons. The molecule has 0 bridgehead atoms. The monoisotopic (exact) mass is 393 g/mol. The molecule has 2 fully saturated rings. The molecule has 3 aliphatic rings. The molecule has 4 atom stereocenters. The summed E-state index contributed by atoms with van der Waals surface area (Å²) in [5.41, 5.74) is 9.32. The average molecular weight is 393 g/mol. The van der Waals surface area contributed by atoms with Gasteiger partial charge in [-0.2, -0.15) is 11.4 Å². The Balaban J connectivity index is 1.64. The number of carbonyl (C=O) groups is 1. The summed E-state index contributed by atoms with van der Waals surface area (Å²) in [5.74, 6) is 7.38. The molecule has 0 saturated heterocycles. The highest BCUT2D eigenvalue weighted by atomic mass is 32.2. The predicted octanol–water partition coefficient (Wildman–Crippen LogP) is 4.20. The third kappa shape index (κ3) is 3.12. The van der Waals surface area contributed by atoms with Crippen LogP contribution >= 0.6 is 12.3 Å². The zero-order valence-corrected chi connectivity index (χ0v) is 15.9. The lowest BCUT2D eigenvalue weighted by atomic mass is 9.55. The topological polar surface area (TPSA) is 116 Å². The lowest BCUT2D eigenvalue weighted by molar-refractivity contribution is -0.199. The molecule has 0 radical (unpaired) electrons. The second kappa shape index (κ2) is 7.38. The maximum Gasteiger partial charge on any atom is 0.260 e. The number of nitrogens with two attached hydrogens (primary N) is 1. The molecule has 8 nitrogen and oxygen atoms in total. The van der Waals surface area contributed by atoms with Gasteiger partial charge in [0.2, 0.25) is 5.75 Å². The average Bonchev–Trinajstić information content (AvgIpc) is 2.97. The van der Waals surface area contributed by atoms with Crippen LogP contribution in [0, 0.1) is 22.8 Å². The van der Waals surface area contributed by atoms with Gasteiger partial charge >= 0.3 is 0 Å². The first-order chi connectivity index (χ1) is 13.1. The van der Waals surface area contributed by atoms with E-state index < -0.39 is 0 Å². The van der Waals surface area contributed by atoms with Gasteiger partial charge in [0.1, 0.15) is 5.78 Å². The fourth-order valence-corrected chi connectivity index (χ4v) is 5.86. The number of hydrogen-bond acceptors (Lipinski definition) is 9. The summed E-state index contributed by atoms with van der Waals surface area (Å²) in [6.07, 6.45) is 5.65. The second-order valence-electron chi connectivity index (χ2n) is 7.83. The van der Waals surface area contributed by atoms with Gasteiger partial charge in [0.25, 0.3) is 12.3 Å². The largest absolute Gasteiger partial charge is 0.394 e. The Labute approximate surface area is 161 Å². The lowest BCUT2D eigenvalue weighted by Crippen LogP contribution is -2.42. The number of nitrogens with one attached hydrogen (secondary N) is 1. The summed E-state index contributed by atoms with van der Waals surface area (Å²) < 4.78 is 9.88. The fourth-order valence-electron chi connectivity index (χ4n) is 5.60. The summed E-state index contributed by atoms with van der Waals surface area (Å²) in [6.45, 7) is 2.17. The number of aryl methyl sites for hydroxylation is 1. The molecular formula is C18H23N3O5S. The molecule has 0 aromatic heterocycles. The highest BCUT2D eigenvalue weighted by Crippen LogP contribution is 2.60. The second-order valence-corrected chi connectivity index (χ2v) is 8.27. The number of Topliss-reactive ketones (excluding diaryl/α,β-unsaturated/α-hetero) is 1. The molecular weight excluding hydrogens is 370 g/mol. The van der Waals surface area contributed by atoms with Crippen LogP contribution in [0.25, 0.3) is 0 Å². The molecule has 4 unspecified atom stereocenters. The molecule has 0 amide bonds. The van der Waals surface area contributed by atoms with Crippen LogP contribution in [0.3, 0.4) is 0 Å². The number of hydrogen-bond donors (Lipinski definition) is 2. The molecule has 3 aliphatic carbocycles. The Morgan fingerprint density at radius 2 is 2.11 bits per heavy atom. The van der Waals surface area contributed by atoms with Gasteiger partial charge in [-0.05, 0) is 73.1 Å². The van der Waals surface area contributed by atoms with Crippen LogP contribution in [0.2, 0.25) is 0 Å². The van der Waals surface area contributed by atoms with E-state index >= 15 is 0 Å². The van der Waals surface area contributed by atoms with Gasteiger partial charge < -0.3 is 9.02 Å². The van der Waals surface area contributed by atoms with Crippen LogP contribution in [-0.2, 0) is 20.5 Å². The minimum atomic E-state index is -0.145. The third-order valence-corrected chi connectivity index (χ3v) is 7.21. The Bertz CT molecular complexity index is 761. The van der Waals surface area contributed by atoms with E-state index in [0.29, 0.717) is 47.4 Å². The van der Waals surface area contributed by atoms with Crippen molar-refractivity contribution < 1.29 is 23.1 Å². The first-order valence-electron chi connectivity index (χ1n) is 9.19. The van der Waals surface area contributed by atoms with Gasteiger partial charge in [-0.3, -0.25) is 4.79 Å². The van der Waals surface area contributed by atoms with E-state index in [9.17, 15) is 4.79 Å². The van der Waals surface area contributed by atoms with Crippen molar-refractivity contribution in [2.24, 2.45) is 28.4 Å². The van der Waals surface area contributed by atoms with Crippen molar-refractivity contribution in [2.45, 2.75) is 51.4 Å². The van der Waals surface area contributed by atoms with Gasteiger partial charge in [0.15, 0.2) is 5.75 Å². The van der Waals surface area contributed by atoms with Gasteiger partial charge in [0, 0.05) is 17.1 Å². The molecule has 0 aliphatic heterocycles. The van der Waals surface area contributed by atoms with E-state index in [2.05, 4.69) is 21.5 Å². The summed E-state index contributed by atoms with van der Waals surface area (Å²) in [4.78, 5) is 21.6. The van der Waals surface area contributed by atoms with E-state index in [1.54, 1.807) is 0 Å². The van der Waals surface area contributed by atoms with Gasteiger partial charge in [0.05, 0.1) is 0 Å². The quantitative estimate of drug-likeness (QED) is 0.244. The summed E-state index contributed by atoms with van der Waals surface area (Å²) >= 11 is 0.564. The molecule has 3 N–H and O–H groups in total. The first-order valence-corrected chi connectivity index (χ1v) is 9.86. The number of nitrogens with zero attached hydrogens (tertiary/aromatic N) is 1. The summed E-state index contributed by atoms with van der Waals surface area (Å²) in [5, 5.41) is 3.04. The van der Waals surface area contributed by atoms with Crippen molar-refractivity contribution in [2.75, 3.05) is 0 Å². The maximum absolute atomic E-state index is 12.5. The fraction of sp³-hybridized carbons (Fsp3) is 0.611. The molecule has 4 rings (SSSR count). The van der Waals surface area contributed by atoms with Crippen molar-refractivity contribution in [3.05, 3.63) is 23.3 Å². The van der Waals surface area contributed by atoms with Gasteiger partial charge in [-0.1, -0.05) is 6.92 Å². The SMILES string of the molecule is CC12CCC3c4cc(ON=N)c(OSOON)cc4CCC3C1CCC2=O. The molecule has 1 aromatic carbocycles. The normalized spacial score (nSPS) is 31.6. The Hall–Kier alpha value is -1.68. The van der Waals surface area contributed by atoms with Crippen LogP contribution in [0.4, 0.5) is 0 Å². The molecule has 9 heteroatoms. The van der Waals surface area contributed by atoms with Gasteiger partial charge in [-0.15, -0.1) is 9.32 Å². The minimum absolute atomic E-state index is 0.145. The third-order valence-electron chi connectivity index (χ3n) is 6.83. The predicted molar refractivity (Wildman–Crippen MR) is 96.4 cm³/mol. The highest BCUT2D eigenvalue weighted by molar-refractivity contribution is 7.90. The van der Waals surface area contributed by atoms with Crippen molar-refractivity contribution >= 4 is 18.1 Å². The number of rotatable bonds is 6. The Kier molecular flexibility index (Phi) is 5.11. The van der Waals surface area contributed by atoms with Crippen LogP contribution < -0.4 is 14.9 Å². The van der Waals surface area contributed by atoms with Crippen molar-refractivity contribution in [1.29, 1.82) is 5.53 Å². The van der Waals surface area contributed by atoms with Gasteiger partial charge in [-0.25, -0.2) is 0 Å². The van der Waals surface area contributed by atoms with E-state index in [-0.39, 0.29) is 5.41 Å². The van der Waals surface area contributed by atoms with Crippen LogP contribution in [0.15, 0.2) is 17.4 Å². The standard InChI is InChI=1S/C18H23N3O5S/c1-18-7-6-11-12(14(18)4-5-17(18)22)3-2-10-8-16(24-27-26-25-20)15(23-21-19)9-13(10)11/h8-9,11-12,14,19H,2-7,20H2,1H3. The van der Waals surface area contributed by atoms with E-state index in [0.717, 1.165) is 38.5 Å². The summed E-state index contributed by atoms with van der Waals surface area (Å²) in [6, 6.07) is 3.83. The number of benzene rings is 1. The van der Waals surface area contributed by atoms with E-state index in [1.807, 2.05) is 12.1 Å².